The third-order valence-corrected chi connectivity index (χ3v) is 6.38. The molecule has 3 rings (SSSR count). The molecular formula is C22H23NO3S. The highest BCUT2D eigenvalue weighted by Crippen LogP contribution is 2.28. The molecule has 5 heteroatoms. The number of sulfonamides is 1. The Balaban J connectivity index is 2.09. The van der Waals surface area contributed by atoms with Crippen LogP contribution in [0.3, 0.4) is 0 Å². The third kappa shape index (κ3) is 4.14. The van der Waals surface area contributed by atoms with Gasteiger partial charge in [0.1, 0.15) is 5.75 Å². The molecule has 0 spiro atoms. The van der Waals surface area contributed by atoms with Gasteiger partial charge in [0.2, 0.25) is 0 Å². The van der Waals surface area contributed by atoms with Crippen LogP contribution in [0.2, 0.25) is 0 Å². The zero-order valence-corrected chi connectivity index (χ0v) is 16.5. The summed E-state index contributed by atoms with van der Waals surface area (Å²) in [6, 6.07) is 22.0. The monoisotopic (exact) mass is 381 g/mol. The molecule has 0 aromatic heterocycles. The summed E-state index contributed by atoms with van der Waals surface area (Å²) in [6.45, 7) is 4.01. The largest absolute Gasteiger partial charge is 0.497 e. The van der Waals surface area contributed by atoms with E-state index in [0.29, 0.717) is 16.3 Å². The van der Waals surface area contributed by atoms with Crippen LogP contribution in [0, 0.1) is 13.8 Å². The number of ether oxygens (including phenoxy) is 1. The summed E-state index contributed by atoms with van der Waals surface area (Å²) in [7, 11) is -2.12. The van der Waals surface area contributed by atoms with Crippen LogP contribution in [0.25, 0.3) is 0 Å². The highest BCUT2D eigenvalue weighted by molar-refractivity contribution is 7.92. The van der Waals surface area contributed by atoms with Gasteiger partial charge in [0.25, 0.3) is 10.0 Å². The van der Waals surface area contributed by atoms with Crippen molar-refractivity contribution in [1.29, 1.82) is 0 Å². The second-order valence-electron chi connectivity index (χ2n) is 6.46. The van der Waals surface area contributed by atoms with Gasteiger partial charge in [-0.2, -0.15) is 0 Å². The molecule has 0 fully saturated rings. The van der Waals surface area contributed by atoms with E-state index in [2.05, 4.69) is 0 Å². The number of methoxy groups -OCH3 is 1. The van der Waals surface area contributed by atoms with Crippen LogP contribution >= 0.6 is 0 Å². The first-order chi connectivity index (χ1) is 12.9. The number of hydrogen-bond donors (Lipinski definition) is 0. The molecular weight excluding hydrogens is 358 g/mol. The van der Waals surface area contributed by atoms with Gasteiger partial charge in [-0.15, -0.1) is 0 Å². The Bertz CT molecular complexity index is 1030. The highest BCUT2D eigenvalue weighted by Gasteiger charge is 2.26. The Morgan fingerprint density at radius 1 is 0.889 bits per heavy atom. The van der Waals surface area contributed by atoms with E-state index in [1.165, 1.54) is 4.31 Å². The zero-order valence-electron chi connectivity index (χ0n) is 15.7. The maximum Gasteiger partial charge on any atom is 0.264 e. The van der Waals surface area contributed by atoms with Gasteiger partial charge in [-0.3, -0.25) is 4.31 Å². The first kappa shape index (κ1) is 19.0. The van der Waals surface area contributed by atoms with Gasteiger partial charge in [0.15, 0.2) is 0 Å². The molecule has 0 saturated heterocycles. The molecule has 140 valence electrons. The fourth-order valence-corrected chi connectivity index (χ4v) is 4.61. The lowest BCUT2D eigenvalue weighted by Gasteiger charge is -2.26. The number of rotatable bonds is 6. The quantitative estimate of drug-likeness (QED) is 0.621. The number of aryl methyl sites for hydroxylation is 2. The fourth-order valence-electron chi connectivity index (χ4n) is 2.93. The van der Waals surface area contributed by atoms with Crippen LogP contribution in [0.1, 0.15) is 16.7 Å². The van der Waals surface area contributed by atoms with Crippen molar-refractivity contribution in [3.05, 3.63) is 89.5 Å². The fraction of sp³-hybridized carbons (Fsp3) is 0.182. The van der Waals surface area contributed by atoms with Crippen LogP contribution in [0.15, 0.2) is 77.7 Å². The normalized spacial score (nSPS) is 11.2. The number of benzene rings is 3. The lowest BCUT2D eigenvalue weighted by molar-refractivity contribution is 0.414. The molecule has 4 nitrogen and oxygen atoms in total. The summed E-state index contributed by atoms with van der Waals surface area (Å²) >= 11 is 0. The minimum Gasteiger partial charge on any atom is -0.497 e. The standard InChI is InChI=1S/C22H23NO3S/c1-17-11-13-20(14-12-17)23(16-19-8-6-9-21(15-19)26-3)27(24,25)22-10-5-4-7-18(22)2/h4-15H,16H2,1-3H3. The highest BCUT2D eigenvalue weighted by atomic mass is 32.2. The molecule has 27 heavy (non-hydrogen) atoms. The average Bonchev–Trinajstić information content (AvgIpc) is 2.67. The maximum atomic E-state index is 13.5. The minimum absolute atomic E-state index is 0.219. The van der Waals surface area contributed by atoms with Crippen molar-refractivity contribution in [2.24, 2.45) is 0 Å². The molecule has 0 N–H and O–H groups in total. The van der Waals surface area contributed by atoms with Crippen LogP contribution in [0.5, 0.6) is 5.75 Å². The molecule has 0 aliphatic rings. The van der Waals surface area contributed by atoms with Crippen molar-refractivity contribution in [2.45, 2.75) is 25.3 Å². The Morgan fingerprint density at radius 2 is 1.59 bits per heavy atom. The van der Waals surface area contributed by atoms with Crippen LogP contribution in [-0.2, 0) is 16.6 Å². The van der Waals surface area contributed by atoms with Gasteiger partial charge in [0, 0.05) is 0 Å². The molecule has 0 radical (unpaired) electrons. The molecule has 0 bridgehead atoms. The topological polar surface area (TPSA) is 46.6 Å². The zero-order chi connectivity index (χ0) is 19.4. The first-order valence-corrected chi connectivity index (χ1v) is 10.1. The van der Waals surface area contributed by atoms with Gasteiger partial charge >= 0.3 is 0 Å². The lowest BCUT2D eigenvalue weighted by Crippen LogP contribution is -2.31. The van der Waals surface area contributed by atoms with Crippen molar-refractivity contribution < 1.29 is 13.2 Å². The summed E-state index contributed by atoms with van der Waals surface area (Å²) < 4.78 is 33.7. The van der Waals surface area contributed by atoms with E-state index < -0.39 is 10.0 Å². The Labute approximate surface area is 161 Å². The molecule has 0 amide bonds. The molecule has 0 atom stereocenters. The third-order valence-electron chi connectivity index (χ3n) is 4.44. The second-order valence-corrected chi connectivity index (χ2v) is 8.29. The van der Waals surface area contributed by atoms with E-state index in [0.717, 1.165) is 16.7 Å². The SMILES string of the molecule is COc1cccc(CN(c2ccc(C)cc2)S(=O)(=O)c2ccccc2C)c1. The van der Waals surface area contributed by atoms with Gasteiger partial charge in [-0.25, -0.2) is 8.42 Å². The lowest BCUT2D eigenvalue weighted by atomic mass is 10.2. The minimum atomic E-state index is -3.72. The summed E-state index contributed by atoms with van der Waals surface area (Å²) in [5.74, 6) is 0.699. The number of hydrogen-bond acceptors (Lipinski definition) is 3. The van der Waals surface area contributed by atoms with Gasteiger partial charge < -0.3 is 4.74 Å². The van der Waals surface area contributed by atoms with E-state index in [9.17, 15) is 8.42 Å². The van der Waals surface area contributed by atoms with Crippen molar-refractivity contribution in [1.82, 2.24) is 0 Å². The van der Waals surface area contributed by atoms with E-state index in [-0.39, 0.29) is 6.54 Å². The maximum absolute atomic E-state index is 13.5. The Hall–Kier alpha value is -2.79. The predicted molar refractivity (Wildman–Crippen MR) is 109 cm³/mol. The number of nitrogens with zero attached hydrogens (tertiary/aromatic N) is 1. The van der Waals surface area contributed by atoms with Gasteiger partial charge in [-0.1, -0.05) is 48.0 Å². The molecule has 0 saturated carbocycles. The van der Waals surface area contributed by atoms with Crippen LogP contribution < -0.4 is 9.04 Å². The Kier molecular flexibility index (Phi) is 5.51. The number of anilines is 1. The van der Waals surface area contributed by atoms with E-state index in [1.807, 2.05) is 74.5 Å². The average molecular weight is 381 g/mol. The summed E-state index contributed by atoms with van der Waals surface area (Å²) in [4.78, 5) is 0.313. The summed E-state index contributed by atoms with van der Waals surface area (Å²) in [6.07, 6.45) is 0. The van der Waals surface area contributed by atoms with E-state index >= 15 is 0 Å². The van der Waals surface area contributed by atoms with Crippen LogP contribution in [-0.4, -0.2) is 15.5 Å². The molecule has 3 aromatic carbocycles. The van der Waals surface area contributed by atoms with E-state index in [4.69, 9.17) is 4.74 Å². The molecule has 0 aliphatic heterocycles. The van der Waals surface area contributed by atoms with Crippen molar-refractivity contribution in [2.75, 3.05) is 11.4 Å². The second kappa shape index (κ2) is 7.84. The van der Waals surface area contributed by atoms with Crippen molar-refractivity contribution >= 4 is 15.7 Å². The molecule has 0 unspecified atom stereocenters. The Morgan fingerprint density at radius 3 is 2.26 bits per heavy atom. The summed E-state index contributed by atoms with van der Waals surface area (Å²) in [5, 5.41) is 0. The molecule has 0 aliphatic carbocycles. The smallest absolute Gasteiger partial charge is 0.264 e. The van der Waals surface area contributed by atoms with Crippen LogP contribution in [0.4, 0.5) is 5.69 Å². The van der Waals surface area contributed by atoms with Gasteiger partial charge in [-0.05, 0) is 55.3 Å². The van der Waals surface area contributed by atoms with Crippen molar-refractivity contribution in [3.63, 3.8) is 0 Å². The van der Waals surface area contributed by atoms with Gasteiger partial charge in [0.05, 0.1) is 24.2 Å². The molecule has 0 heterocycles. The summed E-state index contributed by atoms with van der Waals surface area (Å²) in [5.41, 5.74) is 3.28. The van der Waals surface area contributed by atoms with E-state index in [1.54, 1.807) is 19.2 Å². The first-order valence-electron chi connectivity index (χ1n) is 8.70. The van der Waals surface area contributed by atoms with Crippen molar-refractivity contribution in [3.8, 4) is 5.75 Å². The molecule has 3 aromatic rings. The predicted octanol–water partition coefficient (Wildman–Crippen LogP) is 4.71.